The van der Waals surface area contributed by atoms with Crippen LogP contribution < -0.4 is 0 Å². The van der Waals surface area contributed by atoms with E-state index in [0.29, 0.717) is 0 Å². The molecule has 0 fully saturated rings. The molecule has 0 aromatic rings. The lowest BCUT2D eigenvalue weighted by Crippen LogP contribution is -2.09. The van der Waals surface area contributed by atoms with E-state index in [1.165, 1.54) is 0 Å². The van der Waals surface area contributed by atoms with E-state index in [-0.39, 0.29) is 11.7 Å². The third kappa shape index (κ3) is 4.09. The Hall–Kier alpha value is -0.440. The van der Waals surface area contributed by atoms with E-state index in [2.05, 4.69) is 12.6 Å². The van der Waals surface area contributed by atoms with Gasteiger partial charge in [0, 0.05) is 5.25 Å². The third-order valence-corrected chi connectivity index (χ3v) is 2.09. The van der Waals surface area contributed by atoms with Crippen LogP contribution in [0.3, 0.4) is 0 Å². The lowest BCUT2D eigenvalue weighted by molar-refractivity contribution is -0.136. The summed E-state index contributed by atoms with van der Waals surface area (Å²) in [6, 6.07) is 0. The molecule has 0 aromatic heterocycles. The van der Waals surface area contributed by atoms with Crippen molar-refractivity contribution < 1.29 is 9.90 Å². The summed E-state index contributed by atoms with van der Waals surface area (Å²) in [7, 11) is 0. The first-order valence-electron chi connectivity index (χ1n) is 3.66. The first-order chi connectivity index (χ1) is 5.11. The molecular weight excluding hydrogens is 160 g/mol. The highest BCUT2D eigenvalue weighted by molar-refractivity contribution is 7.81. The Balaban J connectivity index is 4.00. The molecule has 11 heavy (non-hydrogen) atoms. The number of carbonyl (C=O) groups is 1. The van der Waals surface area contributed by atoms with Gasteiger partial charge >= 0.3 is 5.97 Å². The van der Waals surface area contributed by atoms with E-state index in [9.17, 15) is 4.79 Å². The molecule has 2 nitrogen and oxygen atoms in total. The van der Waals surface area contributed by atoms with E-state index in [4.69, 9.17) is 5.11 Å². The summed E-state index contributed by atoms with van der Waals surface area (Å²) >= 11 is 4.18. The molecule has 64 valence electrons. The molecule has 1 N–H and O–H groups in total. The summed E-state index contributed by atoms with van der Waals surface area (Å²) in [5, 5.41) is 8.33. The number of rotatable bonds is 4. The molecule has 0 amide bonds. The van der Waals surface area contributed by atoms with Crippen molar-refractivity contribution in [3.63, 3.8) is 0 Å². The number of hydrogen-bond donors (Lipinski definition) is 2. The van der Waals surface area contributed by atoms with Gasteiger partial charge in [-0.2, -0.15) is 12.6 Å². The minimum absolute atomic E-state index is 0.108. The number of carboxylic acids is 1. The fourth-order valence-corrected chi connectivity index (χ4v) is 1.42. The second-order valence-electron chi connectivity index (χ2n) is 2.33. The highest BCUT2D eigenvalue weighted by Gasteiger charge is 2.10. The predicted molar refractivity (Wildman–Crippen MR) is 49.1 cm³/mol. The van der Waals surface area contributed by atoms with Crippen LogP contribution in [-0.2, 0) is 4.79 Å². The molecule has 0 heterocycles. The van der Waals surface area contributed by atoms with Gasteiger partial charge in [-0.1, -0.05) is 18.6 Å². The van der Waals surface area contributed by atoms with Crippen molar-refractivity contribution in [3.05, 3.63) is 11.6 Å². The lowest BCUT2D eigenvalue weighted by Gasteiger charge is -2.09. The molecule has 1 unspecified atom stereocenters. The molecule has 0 radical (unpaired) electrons. The molecule has 0 saturated heterocycles. The molecular formula is C8H14O2S. The predicted octanol–water partition coefficient (Wildman–Crippen LogP) is 2.12. The molecule has 0 aliphatic rings. The van der Waals surface area contributed by atoms with E-state index >= 15 is 0 Å². The number of aliphatic carboxylic acids is 1. The van der Waals surface area contributed by atoms with Gasteiger partial charge in [0.1, 0.15) is 0 Å². The molecule has 0 rings (SSSR count). The Morgan fingerprint density at radius 3 is 2.55 bits per heavy atom. The monoisotopic (exact) mass is 174 g/mol. The van der Waals surface area contributed by atoms with Crippen LogP contribution in [0.25, 0.3) is 0 Å². The molecule has 0 spiro atoms. The zero-order valence-corrected chi connectivity index (χ0v) is 7.77. The molecule has 0 bridgehead atoms. The second-order valence-corrected chi connectivity index (χ2v) is 2.95. The molecule has 0 aromatic carbocycles. The van der Waals surface area contributed by atoms with Gasteiger partial charge in [0.25, 0.3) is 0 Å². The summed E-state index contributed by atoms with van der Waals surface area (Å²) < 4.78 is 0. The van der Waals surface area contributed by atoms with Crippen molar-refractivity contribution in [1.29, 1.82) is 0 Å². The van der Waals surface area contributed by atoms with Crippen molar-refractivity contribution in [2.75, 3.05) is 0 Å². The van der Waals surface area contributed by atoms with Crippen LogP contribution in [0.2, 0.25) is 0 Å². The van der Waals surface area contributed by atoms with Crippen LogP contribution in [-0.4, -0.2) is 16.3 Å². The van der Waals surface area contributed by atoms with Crippen LogP contribution in [0.4, 0.5) is 0 Å². The molecule has 0 saturated carbocycles. The smallest absolute Gasteiger partial charge is 0.304 e. The lowest BCUT2D eigenvalue weighted by atomic mass is 10.1. The Labute approximate surface area is 72.7 Å². The van der Waals surface area contributed by atoms with Crippen LogP contribution in [0.15, 0.2) is 11.6 Å². The van der Waals surface area contributed by atoms with Gasteiger partial charge in [-0.25, -0.2) is 0 Å². The third-order valence-electron chi connectivity index (χ3n) is 1.58. The Morgan fingerprint density at radius 2 is 2.27 bits per heavy atom. The van der Waals surface area contributed by atoms with Gasteiger partial charge < -0.3 is 5.11 Å². The fraction of sp³-hybridized carbons (Fsp3) is 0.625. The molecule has 1 atom stereocenters. The molecule has 3 heteroatoms. The first kappa shape index (κ1) is 10.6. The van der Waals surface area contributed by atoms with Gasteiger partial charge in [0.05, 0.1) is 6.42 Å². The van der Waals surface area contributed by atoms with Crippen molar-refractivity contribution in [3.8, 4) is 0 Å². The maximum atomic E-state index is 10.3. The van der Waals surface area contributed by atoms with Crippen molar-refractivity contribution >= 4 is 18.6 Å². The highest BCUT2D eigenvalue weighted by atomic mass is 32.1. The van der Waals surface area contributed by atoms with Crippen LogP contribution in [0.5, 0.6) is 0 Å². The topological polar surface area (TPSA) is 37.3 Å². The Kier molecular flexibility index (Phi) is 5.03. The summed E-state index contributed by atoms with van der Waals surface area (Å²) in [6.45, 7) is 3.91. The van der Waals surface area contributed by atoms with Gasteiger partial charge in [-0.3, -0.25) is 4.79 Å². The van der Waals surface area contributed by atoms with Crippen LogP contribution in [0.1, 0.15) is 26.7 Å². The normalized spacial score (nSPS) is 14.6. The Bertz CT molecular complexity index is 163. The second kappa shape index (κ2) is 5.24. The van der Waals surface area contributed by atoms with E-state index in [1.54, 1.807) is 0 Å². The van der Waals surface area contributed by atoms with E-state index in [1.807, 2.05) is 19.9 Å². The summed E-state index contributed by atoms with van der Waals surface area (Å²) in [5.41, 5.74) is 1.09. The minimum Gasteiger partial charge on any atom is -0.481 e. The summed E-state index contributed by atoms with van der Waals surface area (Å²) in [5.74, 6) is -0.794. The van der Waals surface area contributed by atoms with E-state index in [0.717, 1.165) is 12.0 Å². The Morgan fingerprint density at radius 1 is 1.73 bits per heavy atom. The van der Waals surface area contributed by atoms with Crippen molar-refractivity contribution in [2.24, 2.45) is 0 Å². The quantitative estimate of drug-likeness (QED) is 0.506. The SMILES string of the molecule is CC=C(CC)C(S)CC(=O)O. The highest BCUT2D eigenvalue weighted by Crippen LogP contribution is 2.16. The minimum atomic E-state index is -0.794. The number of thiol groups is 1. The largest absolute Gasteiger partial charge is 0.481 e. The molecule has 0 aliphatic heterocycles. The van der Waals surface area contributed by atoms with Gasteiger partial charge in [-0.15, -0.1) is 0 Å². The average Bonchev–Trinajstić information content (AvgIpc) is 1.88. The number of hydrogen-bond acceptors (Lipinski definition) is 2. The standard InChI is InChI=1S/C8H14O2S/c1-3-6(4-2)7(11)5-8(9)10/h3,7,11H,4-5H2,1-2H3,(H,9,10). The van der Waals surface area contributed by atoms with Crippen LogP contribution in [0, 0.1) is 0 Å². The summed E-state index contributed by atoms with van der Waals surface area (Å²) in [6.07, 6.45) is 2.91. The van der Waals surface area contributed by atoms with E-state index < -0.39 is 5.97 Å². The summed E-state index contributed by atoms with van der Waals surface area (Å²) in [4.78, 5) is 10.3. The average molecular weight is 174 g/mol. The maximum Gasteiger partial charge on any atom is 0.304 e. The van der Waals surface area contributed by atoms with Crippen molar-refractivity contribution in [2.45, 2.75) is 31.9 Å². The zero-order chi connectivity index (χ0) is 8.85. The number of allylic oxidation sites excluding steroid dienone is 1. The first-order valence-corrected chi connectivity index (χ1v) is 4.18. The van der Waals surface area contributed by atoms with Crippen LogP contribution >= 0.6 is 12.6 Å². The van der Waals surface area contributed by atoms with Crippen molar-refractivity contribution in [1.82, 2.24) is 0 Å². The number of carboxylic acid groups (broad SMARTS) is 1. The van der Waals surface area contributed by atoms with Gasteiger partial charge in [0.15, 0.2) is 0 Å². The van der Waals surface area contributed by atoms with Gasteiger partial charge in [-0.05, 0) is 13.3 Å². The maximum absolute atomic E-state index is 10.3. The molecule has 0 aliphatic carbocycles. The zero-order valence-electron chi connectivity index (χ0n) is 6.87. The van der Waals surface area contributed by atoms with Gasteiger partial charge in [0.2, 0.25) is 0 Å². The fourth-order valence-electron chi connectivity index (χ4n) is 0.929.